The van der Waals surface area contributed by atoms with Crippen molar-refractivity contribution in [3.8, 4) is 0 Å². The number of amides is 1. The van der Waals surface area contributed by atoms with E-state index in [1.807, 2.05) is 6.26 Å². The third-order valence-corrected chi connectivity index (χ3v) is 3.57. The number of rotatable bonds is 6. The summed E-state index contributed by atoms with van der Waals surface area (Å²) in [6.45, 7) is 0.150. The Morgan fingerprint density at radius 1 is 1.61 bits per heavy atom. The van der Waals surface area contributed by atoms with Gasteiger partial charge in [-0.1, -0.05) is 15.9 Å². The zero-order valence-electron chi connectivity index (χ0n) is 10.1. The van der Waals surface area contributed by atoms with E-state index in [0.717, 1.165) is 10.2 Å². The van der Waals surface area contributed by atoms with Gasteiger partial charge in [-0.15, -0.1) is 0 Å². The van der Waals surface area contributed by atoms with Crippen molar-refractivity contribution in [3.05, 3.63) is 34.1 Å². The molecule has 0 aliphatic carbocycles. The highest BCUT2D eigenvalue weighted by Gasteiger charge is 2.13. The van der Waals surface area contributed by atoms with Crippen molar-refractivity contribution >= 4 is 33.6 Å². The maximum absolute atomic E-state index is 13.4. The SMILES string of the molecule is CSCC[C@H](N)C(=O)NCc1cc(Br)ccc1F. The number of benzene rings is 1. The molecule has 0 unspecified atom stereocenters. The normalized spacial score (nSPS) is 12.2. The lowest BCUT2D eigenvalue weighted by atomic mass is 10.2. The maximum atomic E-state index is 13.4. The smallest absolute Gasteiger partial charge is 0.237 e. The fraction of sp³-hybridized carbons (Fsp3) is 0.417. The maximum Gasteiger partial charge on any atom is 0.237 e. The minimum atomic E-state index is -0.535. The van der Waals surface area contributed by atoms with Crippen molar-refractivity contribution in [2.75, 3.05) is 12.0 Å². The Bertz CT molecular complexity index is 417. The summed E-state index contributed by atoms with van der Waals surface area (Å²) in [5, 5.41) is 2.64. The number of carbonyl (C=O) groups is 1. The summed E-state index contributed by atoms with van der Waals surface area (Å²) < 4.78 is 14.2. The Morgan fingerprint density at radius 2 is 2.33 bits per heavy atom. The number of hydrogen-bond donors (Lipinski definition) is 2. The summed E-state index contributed by atoms with van der Waals surface area (Å²) in [6, 6.07) is 4.08. The molecule has 3 N–H and O–H groups in total. The van der Waals surface area contributed by atoms with Gasteiger partial charge in [0.25, 0.3) is 0 Å². The van der Waals surface area contributed by atoms with E-state index >= 15 is 0 Å². The van der Waals surface area contributed by atoms with Crippen LogP contribution in [0.1, 0.15) is 12.0 Å². The van der Waals surface area contributed by atoms with Gasteiger partial charge < -0.3 is 11.1 Å². The van der Waals surface area contributed by atoms with Crippen molar-refractivity contribution in [2.24, 2.45) is 5.73 Å². The van der Waals surface area contributed by atoms with Crippen molar-refractivity contribution < 1.29 is 9.18 Å². The van der Waals surface area contributed by atoms with Crippen LogP contribution in [0, 0.1) is 5.82 Å². The minimum absolute atomic E-state index is 0.150. The first-order valence-electron chi connectivity index (χ1n) is 5.50. The second-order valence-corrected chi connectivity index (χ2v) is 5.74. The molecule has 0 saturated heterocycles. The molecule has 1 aromatic carbocycles. The predicted molar refractivity (Wildman–Crippen MR) is 76.9 cm³/mol. The van der Waals surface area contributed by atoms with Crippen LogP contribution in [0.15, 0.2) is 22.7 Å². The Hall–Kier alpha value is -0.590. The van der Waals surface area contributed by atoms with E-state index in [1.54, 1.807) is 23.9 Å². The molecule has 6 heteroatoms. The molecule has 0 aliphatic rings. The summed E-state index contributed by atoms with van der Waals surface area (Å²) in [7, 11) is 0. The summed E-state index contributed by atoms with van der Waals surface area (Å²) in [5.41, 5.74) is 6.15. The summed E-state index contributed by atoms with van der Waals surface area (Å²) in [6.07, 6.45) is 2.58. The van der Waals surface area contributed by atoms with Gasteiger partial charge in [0.05, 0.1) is 6.04 Å². The second-order valence-electron chi connectivity index (χ2n) is 3.84. The van der Waals surface area contributed by atoms with Crippen LogP contribution in [0.3, 0.4) is 0 Å². The van der Waals surface area contributed by atoms with Gasteiger partial charge in [-0.05, 0) is 36.6 Å². The number of nitrogens with one attached hydrogen (secondary N) is 1. The van der Waals surface area contributed by atoms with E-state index in [2.05, 4.69) is 21.2 Å². The number of thioether (sulfide) groups is 1. The molecular weight excluding hydrogens is 319 g/mol. The van der Waals surface area contributed by atoms with Gasteiger partial charge in [0.2, 0.25) is 5.91 Å². The molecule has 0 heterocycles. The van der Waals surface area contributed by atoms with Gasteiger partial charge in [-0.2, -0.15) is 11.8 Å². The third kappa shape index (κ3) is 4.96. The van der Waals surface area contributed by atoms with Crippen LogP contribution in [-0.4, -0.2) is 24.0 Å². The highest BCUT2D eigenvalue weighted by molar-refractivity contribution is 9.10. The van der Waals surface area contributed by atoms with Crippen LogP contribution in [0.25, 0.3) is 0 Å². The summed E-state index contributed by atoms with van der Waals surface area (Å²) in [4.78, 5) is 11.6. The molecule has 1 rings (SSSR count). The molecule has 18 heavy (non-hydrogen) atoms. The predicted octanol–water partition coefficient (Wildman–Crippen LogP) is 2.28. The first kappa shape index (κ1) is 15.5. The Balaban J connectivity index is 2.49. The van der Waals surface area contributed by atoms with Crippen molar-refractivity contribution in [1.82, 2.24) is 5.32 Å². The monoisotopic (exact) mass is 334 g/mol. The second kappa shape index (κ2) is 7.76. The zero-order valence-corrected chi connectivity index (χ0v) is 12.5. The molecule has 1 amide bonds. The fourth-order valence-electron chi connectivity index (χ4n) is 1.37. The molecule has 0 aliphatic heterocycles. The van der Waals surface area contributed by atoms with E-state index in [0.29, 0.717) is 12.0 Å². The van der Waals surface area contributed by atoms with Crippen LogP contribution in [0.2, 0.25) is 0 Å². The number of carbonyl (C=O) groups excluding carboxylic acids is 1. The van der Waals surface area contributed by atoms with Crippen LogP contribution >= 0.6 is 27.7 Å². The quantitative estimate of drug-likeness (QED) is 0.839. The largest absolute Gasteiger partial charge is 0.351 e. The Morgan fingerprint density at radius 3 is 3.00 bits per heavy atom. The molecule has 3 nitrogen and oxygen atoms in total. The van der Waals surface area contributed by atoms with Gasteiger partial charge in [0.1, 0.15) is 5.82 Å². The molecule has 1 aromatic rings. The number of halogens is 2. The van der Waals surface area contributed by atoms with Gasteiger partial charge in [0, 0.05) is 16.6 Å². The lowest BCUT2D eigenvalue weighted by Gasteiger charge is -2.12. The van der Waals surface area contributed by atoms with Gasteiger partial charge in [-0.3, -0.25) is 4.79 Å². The van der Waals surface area contributed by atoms with Crippen molar-refractivity contribution in [3.63, 3.8) is 0 Å². The minimum Gasteiger partial charge on any atom is -0.351 e. The van der Waals surface area contributed by atoms with E-state index in [4.69, 9.17) is 5.73 Å². The fourth-order valence-corrected chi connectivity index (χ4v) is 2.27. The van der Waals surface area contributed by atoms with Gasteiger partial charge in [0.15, 0.2) is 0 Å². The number of hydrogen-bond acceptors (Lipinski definition) is 3. The van der Waals surface area contributed by atoms with Crippen LogP contribution in [0.5, 0.6) is 0 Å². The summed E-state index contributed by atoms with van der Waals surface area (Å²) in [5.74, 6) is 0.249. The lowest BCUT2D eigenvalue weighted by molar-refractivity contribution is -0.122. The first-order chi connectivity index (χ1) is 8.54. The average Bonchev–Trinajstić information content (AvgIpc) is 2.36. The first-order valence-corrected chi connectivity index (χ1v) is 7.69. The third-order valence-electron chi connectivity index (χ3n) is 2.43. The molecule has 0 radical (unpaired) electrons. The number of nitrogens with two attached hydrogens (primary N) is 1. The molecule has 0 spiro atoms. The topological polar surface area (TPSA) is 55.1 Å². The molecule has 0 saturated carbocycles. The van der Waals surface area contributed by atoms with Gasteiger partial charge >= 0.3 is 0 Å². The molecular formula is C12H16BrFN2OS. The van der Waals surface area contributed by atoms with E-state index in [-0.39, 0.29) is 18.3 Å². The Labute approximate surface area is 119 Å². The highest BCUT2D eigenvalue weighted by atomic mass is 79.9. The van der Waals surface area contributed by atoms with Crippen molar-refractivity contribution in [1.29, 1.82) is 0 Å². The standard InChI is InChI=1S/C12H16BrFN2OS/c1-18-5-4-11(15)12(17)16-7-8-6-9(13)2-3-10(8)14/h2-3,6,11H,4-5,7,15H2,1H3,(H,16,17)/t11-/m0/s1. The molecule has 100 valence electrons. The zero-order chi connectivity index (χ0) is 13.5. The van der Waals surface area contributed by atoms with E-state index in [1.165, 1.54) is 6.07 Å². The molecule has 0 fully saturated rings. The van der Waals surface area contributed by atoms with E-state index < -0.39 is 6.04 Å². The van der Waals surface area contributed by atoms with Crippen LogP contribution < -0.4 is 11.1 Å². The Kier molecular flexibility index (Phi) is 6.67. The summed E-state index contributed by atoms with van der Waals surface area (Å²) >= 11 is 4.90. The molecule has 0 aromatic heterocycles. The lowest BCUT2D eigenvalue weighted by Crippen LogP contribution is -2.40. The van der Waals surface area contributed by atoms with Crippen molar-refractivity contribution in [2.45, 2.75) is 19.0 Å². The highest BCUT2D eigenvalue weighted by Crippen LogP contribution is 2.15. The van der Waals surface area contributed by atoms with E-state index in [9.17, 15) is 9.18 Å². The van der Waals surface area contributed by atoms with Crippen LogP contribution in [-0.2, 0) is 11.3 Å². The molecule has 1 atom stereocenters. The average molecular weight is 335 g/mol. The van der Waals surface area contributed by atoms with Crippen LogP contribution in [0.4, 0.5) is 4.39 Å². The van der Waals surface area contributed by atoms with Gasteiger partial charge in [-0.25, -0.2) is 4.39 Å². The molecule has 0 bridgehead atoms.